The molecule has 0 spiro atoms. The first-order valence-electron chi connectivity index (χ1n) is 5.73. The first-order chi connectivity index (χ1) is 8.11. The minimum absolute atomic E-state index is 0.0119. The summed E-state index contributed by atoms with van der Waals surface area (Å²) in [6, 6.07) is 0.100. The quantitative estimate of drug-likeness (QED) is 0.817. The van der Waals surface area contributed by atoms with Crippen LogP contribution in [0.2, 0.25) is 0 Å². The zero-order valence-electron chi connectivity index (χ0n) is 10.2. The van der Waals surface area contributed by atoms with Crippen molar-refractivity contribution >= 4 is 17.2 Å². The van der Waals surface area contributed by atoms with Crippen molar-refractivity contribution in [3.63, 3.8) is 0 Å². The summed E-state index contributed by atoms with van der Waals surface area (Å²) >= 11 is 1.51. The van der Waals surface area contributed by atoms with Crippen LogP contribution in [-0.4, -0.2) is 60.0 Å². The molecule has 0 aliphatic carbocycles. The first-order valence-corrected chi connectivity index (χ1v) is 6.61. The fourth-order valence-corrected chi connectivity index (χ4v) is 2.68. The second-order valence-corrected chi connectivity index (χ2v) is 5.46. The summed E-state index contributed by atoms with van der Waals surface area (Å²) in [5, 5.41) is 2.75. The van der Waals surface area contributed by atoms with Gasteiger partial charge in [-0.05, 0) is 14.0 Å². The number of hydrogen-bond acceptors (Lipinski definition) is 5. The van der Waals surface area contributed by atoms with Gasteiger partial charge in [-0.15, -0.1) is 11.3 Å². The Kier molecular flexibility index (Phi) is 3.76. The lowest BCUT2D eigenvalue weighted by Gasteiger charge is -2.39. The molecule has 2 rings (SSSR count). The Balaban J connectivity index is 2.13. The van der Waals surface area contributed by atoms with Crippen LogP contribution in [0.1, 0.15) is 15.5 Å². The molecule has 1 aromatic rings. The highest BCUT2D eigenvalue weighted by molar-refractivity contribution is 7.09. The van der Waals surface area contributed by atoms with Crippen LogP contribution in [0.3, 0.4) is 0 Å². The van der Waals surface area contributed by atoms with Gasteiger partial charge in [0, 0.05) is 31.6 Å². The van der Waals surface area contributed by atoms with Gasteiger partial charge in [0.25, 0.3) is 5.91 Å². The van der Waals surface area contributed by atoms with Crippen LogP contribution >= 0.6 is 11.3 Å². The van der Waals surface area contributed by atoms with Crippen molar-refractivity contribution in [1.29, 1.82) is 0 Å². The van der Waals surface area contributed by atoms with Gasteiger partial charge in [-0.25, -0.2) is 4.98 Å². The second kappa shape index (κ2) is 5.12. The third-order valence-electron chi connectivity index (χ3n) is 3.06. The number of likely N-dealkylation sites (N-methyl/N-ethyl adjacent to an activating group) is 1. The zero-order valence-corrected chi connectivity index (χ0v) is 11.0. The number of aromatic nitrogens is 1. The Morgan fingerprint density at radius 3 is 3.00 bits per heavy atom. The van der Waals surface area contributed by atoms with E-state index < -0.39 is 0 Å². The maximum absolute atomic E-state index is 12.3. The lowest BCUT2D eigenvalue weighted by molar-refractivity contribution is 0.0511. The molecule has 1 fully saturated rings. The van der Waals surface area contributed by atoms with Crippen molar-refractivity contribution in [1.82, 2.24) is 14.8 Å². The van der Waals surface area contributed by atoms with Gasteiger partial charge < -0.3 is 15.5 Å². The molecule has 5 nitrogen and oxygen atoms in total. The molecule has 1 atom stereocenters. The summed E-state index contributed by atoms with van der Waals surface area (Å²) in [6.45, 7) is 4.87. The molecule has 0 bridgehead atoms. The van der Waals surface area contributed by atoms with Crippen LogP contribution in [0.15, 0.2) is 5.38 Å². The van der Waals surface area contributed by atoms with Gasteiger partial charge in [0.2, 0.25) is 0 Å². The fourth-order valence-electron chi connectivity index (χ4n) is 2.09. The number of nitrogens with zero attached hydrogens (tertiary/aromatic N) is 3. The number of carbonyl (C=O) groups excluding carboxylic acids is 1. The summed E-state index contributed by atoms with van der Waals surface area (Å²) in [5.41, 5.74) is 6.29. The molecule has 17 heavy (non-hydrogen) atoms. The Morgan fingerprint density at radius 1 is 1.65 bits per heavy atom. The minimum Gasteiger partial charge on any atom is -0.330 e. The van der Waals surface area contributed by atoms with E-state index in [2.05, 4.69) is 16.9 Å². The number of rotatable bonds is 2. The Labute approximate surface area is 105 Å². The predicted octanol–water partition coefficient (Wildman–Crippen LogP) is 0.166. The molecule has 1 unspecified atom stereocenters. The van der Waals surface area contributed by atoms with Crippen molar-refractivity contribution in [2.24, 2.45) is 5.73 Å². The molecule has 0 saturated carbocycles. The molecule has 94 valence electrons. The summed E-state index contributed by atoms with van der Waals surface area (Å²) < 4.78 is 0. The SMILES string of the molecule is Cc1nc(C(=O)N2CCN(C)CC2CN)cs1. The Bertz CT molecular complexity index is 406. The third kappa shape index (κ3) is 2.65. The van der Waals surface area contributed by atoms with E-state index in [4.69, 9.17) is 5.73 Å². The highest BCUT2D eigenvalue weighted by Crippen LogP contribution is 2.15. The zero-order chi connectivity index (χ0) is 12.4. The summed E-state index contributed by atoms with van der Waals surface area (Å²) in [5.74, 6) is 0.0119. The molecular formula is C11H18N4OS. The van der Waals surface area contributed by atoms with Crippen molar-refractivity contribution < 1.29 is 4.79 Å². The van der Waals surface area contributed by atoms with Crippen molar-refractivity contribution in [3.8, 4) is 0 Å². The predicted molar refractivity (Wildman–Crippen MR) is 68.2 cm³/mol. The summed E-state index contributed by atoms with van der Waals surface area (Å²) in [6.07, 6.45) is 0. The molecule has 2 N–H and O–H groups in total. The average molecular weight is 254 g/mol. The van der Waals surface area contributed by atoms with E-state index in [9.17, 15) is 4.79 Å². The van der Waals surface area contributed by atoms with Crippen molar-refractivity contribution in [2.45, 2.75) is 13.0 Å². The monoisotopic (exact) mass is 254 g/mol. The number of thiazole rings is 1. The summed E-state index contributed by atoms with van der Waals surface area (Å²) in [7, 11) is 2.05. The van der Waals surface area contributed by atoms with Gasteiger partial charge in [0.15, 0.2) is 0 Å². The number of nitrogens with two attached hydrogens (primary N) is 1. The van der Waals surface area contributed by atoms with Gasteiger partial charge in [0.05, 0.1) is 11.0 Å². The lowest BCUT2D eigenvalue weighted by atomic mass is 10.1. The molecule has 0 aromatic carbocycles. The van der Waals surface area contributed by atoms with E-state index in [1.165, 1.54) is 11.3 Å². The van der Waals surface area contributed by atoms with Gasteiger partial charge >= 0.3 is 0 Å². The van der Waals surface area contributed by atoms with Crippen LogP contribution in [-0.2, 0) is 0 Å². The third-order valence-corrected chi connectivity index (χ3v) is 3.83. The molecular weight excluding hydrogens is 236 g/mol. The van der Waals surface area contributed by atoms with E-state index in [0.29, 0.717) is 12.2 Å². The molecule has 1 saturated heterocycles. The van der Waals surface area contributed by atoms with Gasteiger partial charge in [0.1, 0.15) is 5.69 Å². The first kappa shape index (κ1) is 12.5. The van der Waals surface area contributed by atoms with E-state index in [1.54, 1.807) is 0 Å². The van der Waals surface area contributed by atoms with Gasteiger partial charge in [-0.3, -0.25) is 4.79 Å². The highest BCUT2D eigenvalue weighted by atomic mass is 32.1. The minimum atomic E-state index is 0.0119. The molecule has 6 heteroatoms. The number of hydrogen-bond donors (Lipinski definition) is 1. The molecule has 1 aliphatic heterocycles. The number of amides is 1. The normalized spacial score (nSPS) is 21.8. The topological polar surface area (TPSA) is 62.5 Å². The van der Waals surface area contributed by atoms with Crippen LogP contribution in [0.4, 0.5) is 0 Å². The van der Waals surface area contributed by atoms with Crippen LogP contribution < -0.4 is 5.73 Å². The Morgan fingerprint density at radius 2 is 2.41 bits per heavy atom. The highest BCUT2D eigenvalue weighted by Gasteiger charge is 2.29. The molecule has 1 amide bonds. The van der Waals surface area contributed by atoms with E-state index in [1.807, 2.05) is 17.2 Å². The maximum atomic E-state index is 12.3. The van der Waals surface area contributed by atoms with E-state index in [-0.39, 0.29) is 11.9 Å². The molecule has 1 aromatic heterocycles. The number of piperazine rings is 1. The fraction of sp³-hybridized carbons (Fsp3) is 0.636. The Hall–Kier alpha value is -0.980. The lowest BCUT2D eigenvalue weighted by Crippen LogP contribution is -2.56. The number of aryl methyl sites for hydroxylation is 1. The largest absolute Gasteiger partial charge is 0.330 e. The van der Waals surface area contributed by atoms with E-state index >= 15 is 0 Å². The van der Waals surface area contributed by atoms with Crippen molar-refractivity contribution in [2.75, 3.05) is 33.2 Å². The average Bonchev–Trinajstić information content (AvgIpc) is 2.75. The summed E-state index contributed by atoms with van der Waals surface area (Å²) in [4.78, 5) is 20.6. The van der Waals surface area contributed by atoms with Gasteiger partial charge in [-0.1, -0.05) is 0 Å². The number of carbonyl (C=O) groups is 1. The van der Waals surface area contributed by atoms with Crippen LogP contribution in [0.5, 0.6) is 0 Å². The van der Waals surface area contributed by atoms with E-state index in [0.717, 1.165) is 24.6 Å². The van der Waals surface area contributed by atoms with Gasteiger partial charge in [-0.2, -0.15) is 0 Å². The second-order valence-electron chi connectivity index (χ2n) is 4.40. The smallest absolute Gasteiger partial charge is 0.273 e. The standard InChI is InChI=1S/C11H18N4OS/c1-8-13-10(7-17-8)11(16)15-4-3-14(2)6-9(15)5-12/h7,9H,3-6,12H2,1-2H3. The van der Waals surface area contributed by atoms with Crippen LogP contribution in [0, 0.1) is 6.92 Å². The molecule has 1 aliphatic rings. The van der Waals surface area contributed by atoms with Crippen molar-refractivity contribution in [3.05, 3.63) is 16.1 Å². The molecule has 0 radical (unpaired) electrons. The molecule has 2 heterocycles. The van der Waals surface area contributed by atoms with Crippen LogP contribution in [0.25, 0.3) is 0 Å². The maximum Gasteiger partial charge on any atom is 0.273 e.